The average molecular weight is 692 g/mol. The maximum atomic E-state index is 13.4. The van der Waals surface area contributed by atoms with Crippen molar-refractivity contribution in [3.05, 3.63) is 69.5 Å². The number of hydrogen-bond donors (Lipinski definition) is 2. The fraction of sp³-hybridized carbons (Fsp3) is 0.419. The van der Waals surface area contributed by atoms with Gasteiger partial charge in [-0.2, -0.15) is 4.31 Å². The molecule has 2 saturated heterocycles. The lowest BCUT2D eigenvalue weighted by atomic mass is 9.99. The van der Waals surface area contributed by atoms with E-state index in [0.717, 1.165) is 41.0 Å². The van der Waals surface area contributed by atoms with E-state index in [2.05, 4.69) is 21.2 Å². The van der Waals surface area contributed by atoms with Crippen LogP contribution in [0.3, 0.4) is 0 Å². The largest absolute Gasteiger partial charge is 0.479 e. The fourth-order valence-corrected chi connectivity index (χ4v) is 9.85. The number of benzene rings is 2. The van der Waals surface area contributed by atoms with Crippen LogP contribution in [-0.4, -0.2) is 60.1 Å². The number of carboxylic acids is 1. The minimum atomic E-state index is -3.43. The molecule has 2 N–H and O–H groups in total. The van der Waals surface area contributed by atoms with Crippen LogP contribution in [0.15, 0.2) is 59.1 Å². The first kappa shape index (κ1) is 31.5. The summed E-state index contributed by atoms with van der Waals surface area (Å²) in [7, 11) is -3.43. The third-order valence-corrected chi connectivity index (χ3v) is 11.6. The molecular formula is C31H35BrN2O7S2. The highest BCUT2D eigenvalue weighted by Gasteiger charge is 2.46. The number of carboxylic acid groups (broad SMARTS) is 1. The summed E-state index contributed by atoms with van der Waals surface area (Å²) in [6, 6.07) is 17.0. The quantitative estimate of drug-likeness (QED) is 0.230. The van der Waals surface area contributed by atoms with Gasteiger partial charge in [-0.3, -0.25) is 0 Å². The summed E-state index contributed by atoms with van der Waals surface area (Å²) in [5, 5.41) is 13.4. The van der Waals surface area contributed by atoms with E-state index in [1.807, 2.05) is 54.6 Å². The van der Waals surface area contributed by atoms with Crippen LogP contribution in [0.5, 0.6) is 5.75 Å². The highest BCUT2D eigenvalue weighted by Crippen LogP contribution is 2.46. The Balaban J connectivity index is 1.29. The van der Waals surface area contributed by atoms with Gasteiger partial charge in [0.25, 0.3) is 0 Å². The van der Waals surface area contributed by atoms with E-state index < -0.39 is 34.2 Å². The van der Waals surface area contributed by atoms with Gasteiger partial charge in [-0.25, -0.2) is 18.0 Å². The van der Waals surface area contributed by atoms with E-state index in [1.165, 1.54) is 0 Å². The van der Waals surface area contributed by atoms with E-state index in [-0.39, 0.29) is 34.5 Å². The van der Waals surface area contributed by atoms with Gasteiger partial charge in [0.2, 0.25) is 10.0 Å². The number of carbonyl (C=O) groups is 2. The summed E-state index contributed by atoms with van der Waals surface area (Å²) in [4.78, 5) is 24.8. The number of fused-ring (bicyclic) bond motifs is 2. The summed E-state index contributed by atoms with van der Waals surface area (Å²) < 4.78 is 39.8. The van der Waals surface area contributed by atoms with E-state index >= 15 is 0 Å². The Morgan fingerprint density at radius 3 is 2.37 bits per heavy atom. The summed E-state index contributed by atoms with van der Waals surface area (Å²) in [5.41, 5.74) is 1.74. The Morgan fingerprint density at radius 2 is 1.74 bits per heavy atom. The molecule has 2 unspecified atom stereocenters. The van der Waals surface area contributed by atoms with Crippen molar-refractivity contribution in [2.75, 3.05) is 11.9 Å². The van der Waals surface area contributed by atoms with Gasteiger partial charge < -0.3 is 19.9 Å². The molecule has 0 amide bonds. The number of anilines is 1. The first-order valence-electron chi connectivity index (χ1n) is 14.1. The van der Waals surface area contributed by atoms with Crippen molar-refractivity contribution in [2.24, 2.45) is 0 Å². The lowest BCUT2D eigenvalue weighted by Gasteiger charge is -2.38. The van der Waals surface area contributed by atoms with Crippen molar-refractivity contribution in [1.82, 2.24) is 4.31 Å². The van der Waals surface area contributed by atoms with E-state index in [0.29, 0.717) is 22.2 Å². The maximum Gasteiger partial charge on any atom is 0.349 e. The summed E-state index contributed by atoms with van der Waals surface area (Å²) in [6.45, 7) is 4.82. The number of esters is 1. The van der Waals surface area contributed by atoms with Crippen LogP contribution in [0.1, 0.15) is 61.7 Å². The SMILES string of the molecule is CC(C)(C)OC(=O)COc1c(C(=O)O)sc(-c2cccc(NC3CC4CCC(C3)N4S(=O)(=O)Cc3ccccc3)c2)c1Br. The first-order valence-corrected chi connectivity index (χ1v) is 17.3. The zero-order valence-electron chi connectivity index (χ0n) is 24.2. The van der Waals surface area contributed by atoms with Crippen LogP contribution in [0, 0.1) is 0 Å². The van der Waals surface area contributed by atoms with Gasteiger partial charge in [0, 0.05) is 23.8 Å². The van der Waals surface area contributed by atoms with Crippen LogP contribution in [0.2, 0.25) is 0 Å². The molecule has 0 radical (unpaired) electrons. The fourth-order valence-electron chi connectivity index (χ4n) is 5.90. The van der Waals surface area contributed by atoms with Crippen LogP contribution < -0.4 is 10.1 Å². The molecule has 2 aliphatic rings. The highest BCUT2D eigenvalue weighted by atomic mass is 79.9. The number of halogens is 1. The normalized spacial score (nSPS) is 20.5. The van der Waals surface area contributed by atoms with Gasteiger partial charge in [-0.05, 0) is 85.6 Å². The lowest BCUT2D eigenvalue weighted by molar-refractivity contribution is -0.157. The topological polar surface area (TPSA) is 122 Å². The zero-order chi connectivity index (χ0) is 30.9. The van der Waals surface area contributed by atoms with E-state index in [1.54, 1.807) is 25.1 Å². The number of sulfonamides is 1. The molecule has 1 aromatic heterocycles. The molecule has 0 saturated carbocycles. The lowest BCUT2D eigenvalue weighted by Crippen LogP contribution is -2.49. The molecule has 230 valence electrons. The highest BCUT2D eigenvalue weighted by molar-refractivity contribution is 9.10. The minimum Gasteiger partial charge on any atom is -0.479 e. The van der Waals surface area contributed by atoms with Crippen LogP contribution in [0.25, 0.3) is 10.4 Å². The van der Waals surface area contributed by atoms with Crippen LogP contribution >= 0.6 is 27.3 Å². The number of piperidine rings is 1. The molecule has 2 atom stereocenters. The van der Waals surface area contributed by atoms with Gasteiger partial charge in [0.15, 0.2) is 17.2 Å². The molecule has 12 heteroatoms. The molecule has 5 rings (SSSR count). The first-order chi connectivity index (χ1) is 20.3. The van der Waals surface area contributed by atoms with Gasteiger partial charge in [-0.15, -0.1) is 11.3 Å². The van der Waals surface area contributed by atoms with Crippen molar-refractivity contribution in [3.8, 4) is 16.2 Å². The van der Waals surface area contributed by atoms with Crippen molar-refractivity contribution in [1.29, 1.82) is 0 Å². The molecule has 0 aliphatic carbocycles. The third-order valence-electron chi connectivity index (χ3n) is 7.43. The summed E-state index contributed by atoms with van der Waals surface area (Å²) >= 11 is 4.56. The van der Waals surface area contributed by atoms with Crippen LogP contribution in [0.4, 0.5) is 5.69 Å². The van der Waals surface area contributed by atoms with E-state index in [4.69, 9.17) is 9.47 Å². The van der Waals surface area contributed by atoms with Crippen LogP contribution in [-0.2, 0) is 25.3 Å². The van der Waals surface area contributed by atoms with E-state index in [9.17, 15) is 23.1 Å². The minimum absolute atomic E-state index is 0.0124. The van der Waals surface area contributed by atoms with Gasteiger partial charge in [-0.1, -0.05) is 42.5 Å². The van der Waals surface area contributed by atoms with Gasteiger partial charge >= 0.3 is 11.9 Å². The van der Waals surface area contributed by atoms with Crippen molar-refractivity contribution in [2.45, 2.75) is 75.9 Å². The third kappa shape index (κ3) is 7.42. The number of aromatic carboxylic acids is 1. The Kier molecular flexibility index (Phi) is 9.22. The predicted octanol–water partition coefficient (Wildman–Crippen LogP) is 6.53. The standard InChI is InChI=1S/C31H35BrN2O7S2/c1-31(2,3)41-25(35)17-40-27-26(32)28(42-29(27)30(36)37)20-10-7-11-21(14-20)33-22-15-23-12-13-24(16-22)34(23)43(38,39)18-19-8-5-4-6-9-19/h4-11,14,22-24,33H,12-13,15-18H2,1-3H3,(H,36,37). The smallest absolute Gasteiger partial charge is 0.349 e. The molecule has 9 nitrogen and oxygen atoms in total. The van der Waals surface area contributed by atoms with Gasteiger partial charge in [0.05, 0.1) is 15.1 Å². The number of hydrogen-bond acceptors (Lipinski definition) is 8. The number of ether oxygens (including phenoxy) is 2. The second kappa shape index (κ2) is 12.6. The molecule has 2 aliphatic heterocycles. The summed E-state index contributed by atoms with van der Waals surface area (Å²) in [6.07, 6.45) is 3.12. The molecule has 2 bridgehead atoms. The Bertz CT molecular complexity index is 1590. The molecule has 2 fully saturated rings. The zero-order valence-corrected chi connectivity index (χ0v) is 27.4. The number of carbonyl (C=O) groups excluding carboxylic acids is 1. The Labute approximate surface area is 264 Å². The maximum absolute atomic E-state index is 13.4. The van der Waals surface area contributed by atoms with Crippen molar-refractivity contribution in [3.63, 3.8) is 0 Å². The summed E-state index contributed by atoms with van der Waals surface area (Å²) in [5.74, 6) is -1.66. The monoisotopic (exact) mass is 690 g/mol. The van der Waals surface area contributed by atoms with Gasteiger partial charge in [0.1, 0.15) is 5.60 Å². The average Bonchev–Trinajstić information content (AvgIpc) is 3.41. The number of nitrogens with zero attached hydrogens (tertiary/aromatic N) is 1. The predicted molar refractivity (Wildman–Crippen MR) is 170 cm³/mol. The molecule has 3 heterocycles. The Hall–Kier alpha value is -2.93. The number of nitrogens with one attached hydrogen (secondary N) is 1. The Morgan fingerprint density at radius 1 is 1.07 bits per heavy atom. The molecule has 43 heavy (non-hydrogen) atoms. The molecule has 3 aromatic rings. The van der Waals surface area contributed by atoms with Crippen molar-refractivity contribution >= 4 is 54.9 Å². The number of thiophene rings is 1. The second-order valence-electron chi connectivity index (χ2n) is 11.9. The molecule has 2 aromatic carbocycles. The van der Waals surface area contributed by atoms with Crippen molar-refractivity contribution < 1.29 is 32.6 Å². The molecule has 0 spiro atoms. The number of rotatable bonds is 10. The second-order valence-corrected chi connectivity index (χ2v) is 15.6. The molecular weight excluding hydrogens is 656 g/mol.